The first-order valence-corrected chi connectivity index (χ1v) is 10.6. The van der Waals surface area contributed by atoms with Gasteiger partial charge in [-0.3, -0.25) is 14.5 Å². The first-order chi connectivity index (χ1) is 15.9. The highest BCUT2D eigenvalue weighted by molar-refractivity contribution is 7.15. The van der Waals surface area contributed by atoms with Gasteiger partial charge in [-0.1, -0.05) is 35.6 Å². The van der Waals surface area contributed by atoms with Crippen LogP contribution in [0.25, 0.3) is 11.0 Å². The second-order valence-electron chi connectivity index (χ2n) is 7.31. The Hall–Kier alpha value is -4.05. The average Bonchev–Trinajstić information content (AvgIpc) is 3.50. The third-order valence-electron chi connectivity index (χ3n) is 5.31. The lowest BCUT2D eigenvalue weighted by Gasteiger charge is -2.23. The van der Waals surface area contributed by atoms with Crippen LogP contribution in [0.15, 0.2) is 64.3 Å². The topological polar surface area (TPSA) is 106 Å². The Morgan fingerprint density at radius 3 is 2.64 bits per heavy atom. The molecule has 0 aliphatic carbocycles. The Bertz CT molecular complexity index is 1440. The zero-order chi connectivity index (χ0) is 23.3. The van der Waals surface area contributed by atoms with Crippen LogP contribution in [0.3, 0.4) is 0 Å². The van der Waals surface area contributed by atoms with E-state index < -0.39 is 29.3 Å². The minimum Gasteiger partial charge on any atom is -0.503 e. The molecule has 2 aromatic carbocycles. The van der Waals surface area contributed by atoms with Crippen molar-refractivity contribution in [2.24, 2.45) is 0 Å². The van der Waals surface area contributed by atoms with Gasteiger partial charge in [0.1, 0.15) is 10.8 Å². The highest BCUT2D eigenvalue weighted by Crippen LogP contribution is 2.43. The number of ketones is 1. The quantitative estimate of drug-likeness (QED) is 0.432. The standard InChI is InChI=1S/C23H16FN3O5S/c1-11-25-26-23(33-11)27-18(12-6-8-14(24)9-7-12)17(20(29)22(27)30)19(28)16-10-13-4-3-5-15(31-2)21(13)32-16/h3-10,18,29H,1-2H3. The number of carbonyl (C=O) groups excluding carboxylic acids is 2. The van der Waals surface area contributed by atoms with Crippen LogP contribution in [-0.4, -0.2) is 34.1 Å². The van der Waals surface area contributed by atoms with Gasteiger partial charge in [0.25, 0.3) is 5.91 Å². The van der Waals surface area contributed by atoms with Gasteiger partial charge in [0.05, 0.1) is 18.7 Å². The van der Waals surface area contributed by atoms with Crippen LogP contribution >= 0.6 is 11.3 Å². The number of amides is 1. The summed E-state index contributed by atoms with van der Waals surface area (Å²) in [5.74, 6) is -2.34. The van der Waals surface area contributed by atoms with Gasteiger partial charge in [-0.25, -0.2) is 4.39 Å². The molecule has 0 bridgehead atoms. The molecule has 1 amide bonds. The number of aryl methyl sites for hydroxylation is 1. The summed E-state index contributed by atoms with van der Waals surface area (Å²) in [4.78, 5) is 27.8. The van der Waals surface area contributed by atoms with E-state index in [2.05, 4.69) is 10.2 Å². The number of para-hydroxylation sites is 1. The lowest BCUT2D eigenvalue weighted by atomic mass is 9.95. The van der Waals surface area contributed by atoms with Crippen molar-refractivity contribution in [3.63, 3.8) is 0 Å². The van der Waals surface area contributed by atoms with Gasteiger partial charge in [0.15, 0.2) is 22.9 Å². The maximum absolute atomic E-state index is 13.6. The molecule has 33 heavy (non-hydrogen) atoms. The number of aliphatic hydroxyl groups is 1. The minimum absolute atomic E-state index is 0.0775. The van der Waals surface area contributed by atoms with Crippen LogP contribution in [0.5, 0.6) is 5.75 Å². The summed E-state index contributed by atoms with van der Waals surface area (Å²) in [6.45, 7) is 1.72. The molecule has 166 valence electrons. The van der Waals surface area contributed by atoms with E-state index in [0.717, 1.165) is 11.3 Å². The van der Waals surface area contributed by atoms with E-state index in [1.54, 1.807) is 25.1 Å². The molecule has 5 rings (SSSR count). The number of methoxy groups -OCH3 is 1. The number of carbonyl (C=O) groups is 2. The van der Waals surface area contributed by atoms with Crippen molar-refractivity contribution >= 4 is 39.1 Å². The van der Waals surface area contributed by atoms with E-state index in [0.29, 0.717) is 27.3 Å². The number of fused-ring (bicyclic) bond motifs is 1. The van der Waals surface area contributed by atoms with Crippen LogP contribution < -0.4 is 9.64 Å². The number of aromatic nitrogens is 2. The molecule has 10 heteroatoms. The SMILES string of the molecule is COc1cccc2cc(C(=O)C3=C(O)C(=O)N(c4nnc(C)s4)C3c3ccc(F)cc3)oc12. The molecular weight excluding hydrogens is 449 g/mol. The number of hydrogen-bond acceptors (Lipinski definition) is 8. The second kappa shape index (κ2) is 7.82. The molecular formula is C23H16FN3O5S. The van der Waals surface area contributed by atoms with Crippen molar-refractivity contribution in [2.45, 2.75) is 13.0 Å². The van der Waals surface area contributed by atoms with Crippen LogP contribution in [0.1, 0.15) is 27.2 Å². The van der Waals surface area contributed by atoms with Gasteiger partial charge in [-0.05, 0) is 36.8 Å². The van der Waals surface area contributed by atoms with Crippen LogP contribution in [-0.2, 0) is 4.79 Å². The Balaban J connectivity index is 1.66. The second-order valence-corrected chi connectivity index (χ2v) is 8.47. The van der Waals surface area contributed by atoms with Crippen molar-refractivity contribution in [1.82, 2.24) is 10.2 Å². The molecule has 1 N–H and O–H groups in total. The summed E-state index contributed by atoms with van der Waals surface area (Å²) in [6.07, 6.45) is 0. The van der Waals surface area contributed by atoms with E-state index in [-0.39, 0.29) is 16.5 Å². The number of furan rings is 1. The van der Waals surface area contributed by atoms with E-state index >= 15 is 0 Å². The van der Waals surface area contributed by atoms with Crippen LogP contribution in [0.2, 0.25) is 0 Å². The summed E-state index contributed by atoms with van der Waals surface area (Å²) >= 11 is 1.13. The van der Waals surface area contributed by atoms with Crippen molar-refractivity contribution in [2.75, 3.05) is 12.0 Å². The fourth-order valence-corrected chi connectivity index (χ4v) is 4.53. The van der Waals surface area contributed by atoms with Gasteiger partial charge in [-0.15, -0.1) is 10.2 Å². The molecule has 0 radical (unpaired) electrons. The molecule has 1 aliphatic heterocycles. The maximum Gasteiger partial charge on any atom is 0.296 e. The van der Waals surface area contributed by atoms with E-state index in [4.69, 9.17) is 9.15 Å². The van der Waals surface area contributed by atoms with Crippen molar-refractivity contribution < 1.29 is 28.2 Å². The number of Topliss-reactive ketones (excluding diaryl/α,β-unsaturated/α-hetero) is 1. The van der Waals surface area contributed by atoms with Gasteiger partial charge < -0.3 is 14.3 Å². The smallest absolute Gasteiger partial charge is 0.296 e. The fourth-order valence-electron chi connectivity index (χ4n) is 3.82. The van der Waals surface area contributed by atoms with E-state index in [1.807, 2.05) is 0 Å². The van der Waals surface area contributed by atoms with E-state index in [9.17, 15) is 19.1 Å². The fraction of sp³-hybridized carbons (Fsp3) is 0.130. The summed E-state index contributed by atoms with van der Waals surface area (Å²) in [6, 6.07) is 11.0. The normalized spacial score (nSPS) is 16.2. The molecule has 0 fully saturated rings. The number of halogens is 1. The van der Waals surface area contributed by atoms with Crippen molar-refractivity contribution in [3.8, 4) is 5.75 Å². The number of hydrogen-bond donors (Lipinski definition) is 1. The Kier molecular flexibility index (Phi) is 4.94. The molecule has 4 aromatic rings. The highest BCUT2D eigenvalue weighted by Gasteiger charge is 2.46. The first-order valence-electron chi connectivity index (χ1n) is 9.82. The number of rotatable bonds is 5. The van der Waals surface area contributed by atoms with Crippen LogP contribution in [0, 0.1) is 12.7 Å². The molecule has 1 unspecified atom stereocenters. The number of aliphatic hydroxyl groups excluding tert-OH is 1. The summed E-state index contributed by atoms with van der Waals surface area (Å²) < 4.78 is 24.7. The number of anilines is 1. The zero-order valence-electron chi connectivity index (χ0n) is 17.4. The lowest BCUT2D eigenvalue weighted by Crippen LogP contribution is -2.31. The largest absolute Gasteiger partial charge is 0.503 e. The third-order valence-corrected chi connectivity index (χ3v) is 6.15. The predicted octanol–water partition coefficient (Wildman–Crippen LogP) is 4.52. The average molecular weight is 465 g/mol. The van der Waals surface area contributed by atoms with Gasteiger partial charge in [0, 0.05) is 5.39 Å². The zero-order valence-corrected chi connectivity index (χ0v) is 18.2. The molecule has 3 heterocycles. The number of nitrogens with zero attached hydrogens (tertiary/aromatic N) is 3. The molecule has 1 aliphatic rings. The van der Waals surface area contributed by atoms with Gasteiger partial charge >= 0.3 is 0 Å². The summed E-state index contributed by atoms with van der Waals surface area (Å²) in [5, 5.41) is 20.1. The van der Waals surface area contributed by atoms with Gasteiger partial charge in [-0.2, -0.15) is 0 Å². The lowest BCUT2D eigenvalue weighted by molar-refractivity contribution is -0.117. The van der Waals surface area contributed by atoms with Gasteiger partial charge in [0.2, 0.25) is 10.9 Å². The molecule has 8 nitrogen and oxygen atoms in total. The predicted molar refractivity (Wildman–Crippen MR) is 118 cm³/mol. The minimum atomic E-state index is -1.05. The Morgan fingerprint density at radius 1 is 1.21 bits per heavy atom. The number of ether oxygens (including phenoxy) is 1. The monoisotopic (exact) mass is 465 g/mol. The molecule has 1 atom stereocenters. The number of benzene rings is 2. The van der Waals surface area contributed by atoms with E-state index in [1.165, 1.54) is 42.3 Å². The molecule has 0 saturated heterocycles. The Morgan fingerprint density at radius 2 is 1.97 bits per heavy atom. The maximum atomic E-state index is 13.6. The third kappa shape index (κ3) is 3.35. The van der Waals surface area contributed by atoms with Crippen molar-refractivity contribution in [1.29, 1.82) is 0 Å². The molecule has 2 aromatic heterocycles. The summed E-state index contributed by atoms with van der Waals surface area (Å²) in [5.41, 5.74) is 0.582. The molecule has 0 spiro atoms. The van der Waals surface area contributed by atoms with Crippen LogP contribution in [0.4, 0.5) is 9.52 Å². The highest BCUT2D eigenvalue weighted by atomic mass is 32.1. The molecule has 0 saturated carbocycles. The summed E-state index contributed by atoms with van der Waals surface area (Å²) in [7, 11) is 1.48. The first kappa shape index (κ1) is 20.8. The Labute approximate surface area is 190 Å². The van der Waals surface area contributed by atoms with Crippen molar-refractivity contribution in [3.05, 3.63) is 82.0 Å².